The Kier molecular flexibility index (Phi) is 26.5. The van der Waals surface area contributed by atoms with Gasteiger partial charge in [-0.15, -0.1) is 0 Å². The van der Waals surface area contributed by atoms with E-state index in [9.17, 15) is 37.5 Å². The Bertz CT molecular complexity index is 5160. The molecule has 0 amide bonds. The van der Waals surface area contributed by atoms with E-state index < -0.39 is 55.1 Å². The summed E-state index contributed by atoms with van der Waals surface area (Å²) >= 11 is 0. The third-order valence-electron chi connectivity index (χ3n) is 15.8. The fourth-order valence-corrected chi connectivity index (χ4v) is 10.2. The molecular weight excluding hydrogens is 1390 g/mol. The number of carbonyl (C=O) groups is 6. The molecule has 0 atom stereocenters. The van der Waals surface area contributed by atoms with Crippen LogP contribution in [0.15, 0.2) is 74.8 Å². The number of nitrogens with zero attached hydrogens (tertiary/aromatic N) is 24. The maximum absolute atomic E-state index is 13.7. The second-order valence-electron chi connectivity index (χ2n) is 22.7. The quantitative estimate of drug-likeness (QED) is 0.0697. The van der Waals surface area contributed by atoms with Crippen LogP contribution in [0.2, 0.25) is 0 Å². The molecule has 0 aromatic carbocycles. The Labute approximate surface area is 601 Å². The molecule has 12 heterocycles. The lowest BCUT2D eigenvalue weighted by Crippen LogP contribution is -2.12. The normalized spacial score (nSPS) is 10.6. The second-order valence-corrected chi connectivity index (χ2v) is 22.7. The number of aromatic nitrogens is 24. The first-order valence-electron chi connectivity index (χ1n) is 31.2. The highest BCUT2D eigenvalue weighted by molar-refractivity contribution is 6.03. The van der Waals surface area contributed by atoms with Gasteiger partial charge < -0.3 is 35.4 Å². The zero-order valence-corrected chi connectivity index (χ0v) is 60.1. The van der Waals surface area contributed by atoms with Gasteiger partial charge in [0.2, 0.25) is 17.3 Å². The molecule has 0 radical (unpaired) electrons. The van der Waals surface area contributed by atoms with Crippen molar-refractivity contribution in [2.24, 2.45) is 42.3 Å². The van der Waals surface area contributed by atoms with E-state index in [1.54, 1.807) is 68.4 Å². The molecule has 0 saturated carbocycles. The molecule has 12 aromatic heterocycles. The van der Waals surface area contributed by atoms with Gasteiger partial charge in [-0.05, 0) is 79.0 Å². The van der Waals surface area contributed by atoms with Crippen LogP contribution in [-0.4, -0.2) is 211 Å². The molecule has 0 aliphatic heterocycles. The number of aliphatic hydroxyl groups is 3. The monoisotopic (exact) mass is 1460 g/mol. The van der Waals surface area contributed by atoms with Crippen molar-refractivity contribution in [2.75, 3.05) is 26.9 Å². The Morgan fingerprint density at radius 1 is 0.349 bits per heavy atom. The van der Waals surface area contributed by atoms with Gasteiger partial charge in [-0.3, -0.25) is 42.5 Å². The van der Waals surface area contributed by atoms with Crippen LogP contribution < -0.4 is 4.74 Å². The number of carboxylic acid groups (broad SMARTS) is 3. The fraction of sp³-hybridized carbons (Fsp3) is 0.284. The molecule has 0 aliphatic carbocycles. The smallest absolute Gasteiger partial charge is 0.354 e. The molecule has 0 fully saturated rings. The van der Waals surface area contributed by atoms with Crippen LogP contribution in [0.1, 0.15) is 114 Å². The van der Waals surface area contributed by atoms with Gasteiger partial charge in [0.05, 0.1) is 102 Å². The number of carbonyl (C=O) groups excluding carboxylic acids is 3. The summed E-state index contributed by atoms with van der Waals surface area (Å²) in [5.41, 5.74) is 11.1. The van der Waals surface area contributed by atoms with E-state index in [2.05, 4.69) is 90.4 Å². The van der Waals surface area contributed by atoms with Gasteiger partial charge in [-0.25, -0.2) is 83.0 Å². The molecule has 0 spiro atoms. The van der Waals surface area contributed by atoms with E-state index in [1.165, 1.54) is 87.5 Å². The molecule has 0 saturated heterocycles. The van der Waals surface area contributed by atoms with Crippen LogP contribution in [0.5, 0.6) is 5.75 Å². The minimum atomic E-state index is -1.18. The van der Waals surface area contributed by atoms with Crippen molar-refractivity contribution in [3.63, 3.8) is 0 Å². The summed E-state index contributed by atoms with van der Waals surface area (Å²) in [6.45, 7) is 14.6. The van der Waals surface area contributed by atoms with Crippen molar-refractivity contribution in [3.05, 3.63) is 172 Å². The molecule has 6 N–H and O–H groups in total. The number of halogens is 2. The fourth-order valence-electron chi connectivity index (χ4n) is 10.2. The summed E-state index contributed by atoms with van der Waals surface area (Å²) in [6, 6.07) is 0. The van der Waals surface area contributed by atoms with E-state index >= 15 is 0 Å². The number of hydrogen-bond donors (Lipinski definition) is 6. The van der Waals surface area contributed by atoms with Crippen molar-refractivity contribution in [2.45, 2.75) is 62.3 Å². The van der Waals surface area contributed by atoms with Crippen LogP contribution in [0.25, 0.3) is 67.5 Å². The molecule has 39 heteroatoms. The third-order valence-corrected chi connectivity index (χ3v) is 15.8. The first-order chi connectivity index (χ1) is 50.2. The van der Waals surface area contributed by atoms with Crippen LogP contribution in [0.3, 0.4) is 0 Å². The molecule has 37 nitrogen and oxygen atoms in total. The van der Waals surface area contributed by atoms with Crippen LogP contribution in [-0.2, 0) is 42.3 Å². The van der Waals surface area contributed by atoms with Crippen molar-refractivity contribution in [1.82, 2.24) is 118 Å². The number of ether oxygens (including phenoxy) is 1. The van der Waals surface area contributed by atoms with Crippen molar-refractivity contribution >= 4 is 35.3 Å². The largest absolute Gasteiger partial charge is 0.493 e. The topological polar surface area (TPSA) is 495 Å². The number of methoxy groups -OCH3 is 1. The highest BCUT2D eigenvalue weighted by Crippen LogP contribution is 2.32. The van der Waals surface area contributed by atoms with Crippen molar-refractivity contribution in [3.8, 4) is 73.3 Å². The summed E-state index contributed by atoms with van der Waals surface area (Å²) in [5.74, 6) is -4.07. The summed E-state index contributed by atoms with van der Waals surface area (Å²) in [7, 11) is 11.0. The highest BCUT2D eigenvalue weighted by atomic mass is 19.1. The van der Waals surface area contributed by atoms with E-state index in [0.717, 1.165) is 50.8 Å². The van der Waals surface area contributed by atoms with Gasteiger partial charge >= 0.3 is 17.9 Å². The summed E-state index contributed by atoms with van der Waals surface area (Å²) < 4.78 is 40.3. The van der Waals surface area contributed by atoms with E-state index in [-0.39, 0.29) is 56.9 Å². The Morgan fingerprint density at radius 3 is 0.991 bits per heavy atom. The first kappa shape index (κ1) is 80.0. The number of aromatic carboxylic acids is 3. The Morgan fingerprint density at radius 2 is 0.642 bits per heavy atom. The first-order valence-corrected chi connectivity index (χ1v) is 31.2. The number of rotatable bonds is 16. The van der Waals surface area contributed by atoms with Gasteiger partial charge in [0.25, 0.3) is 0 Å². The Hall–Kier alpha value is -13.3. The molecule has 0 unspecified atom stereocenters. The lowest BCUT2D eigenvalue weighted by Gasteiger charge is -2.09. The summed E-state index contributed by atoms with van der Waals surface area (Å²) in [4.78, 5) is 117. The Balaban J connectivity index is 0.000000178. The number of carboxylic acids is 3. The minimum absolute atomic E-state index is 0.00685. The lowest BCUT2D eigenvalue weighted by molar-refractivity contribution is 0.0675. The highest BCUT2D eigenvalue weighted by Gasteiger charge is 2.27. The summed E-state index contributed by atoms with van der Waals surface area (Å²) in [5, 5.41) is 78.0. The zero-order valence-electron chi connectivity index (χ0n) is 60.1. The lowest BCUT2D eigenvalue weighted by atomic mass is 10.0. The van der Waals surface area contributed by atoms with Crippen molar-refractivity contribution in [1.29, 1.82) is 0 Å². The maximum Gasteiger partial charge on any atom is 0.354 e. The maximum atomic E-state index is 13.7. The van der Waals surface area contributed by atoms with Crippen LogP contribution in [0, 0.1) is 73.9 Å². The van der Waals surface area contributed by atoms with Gasteiger partial charge in [0.15, 0.2) is 34.5 Å². The predicted molar refractivity (Wildman–Crippen MR) is 370 cm³/mol. The molecule has 0 bridgehead atoms. The van der Waals surface area contributed by atoms with E-state index in [1.807, 2.05) is 41.5 Å². The van der Waals surface area contributed by atoms with Gasteiger partial charge in [0, 0.05) is 70.5 Å². The van der Waals surface area contributed by atoms with Crippen LogP contribution >= 0.6 is 0 Å². The van der Waals surface area contributed by atoms with Crippen molar-refractivity contribution < 1.29 is 72.9 Å². The average Bonchev–Trinajstić information content (AvgIpc) is 1.63. The van der Waals surface area contributed by atoms with E-state index in [0.29, 0.717) is 79.6 Å². The van der Waals surface area contributed by atoms with E-state index in [4.69, 9.17) is 35.4 Å². The molecule has 0 aliphatic rings. The predicted octanol–water partition coefficient (Wildman–Crippen LogP) is 4.94. The standard InChI is InChI=1S/C13H16N4O2.C12H14N4O2.C11H11FN4O2.C11H12N4O2.C10H9FN4O2.C10H10N4O3/c1-7-8(2)15-9(3)16-12(7)10-5-14-17(4)13(10)11(19)6-18;1-7-8(2)13-6-14-11(7)9-4-15-16(3)12(9)10(18)5-17;1-6-13-4-8(12)10(15-6)7-3-14-16(2)11(7)9(18)5-17;1-6-7(2)12-5-13-9(6)8-4-14-15(3)10(8)11(16)17;1-5-12-4-7(11)8(14-5)6-3-13-15(2)9(6)10(16)17;1-14-9(10(15)16)6(3-13-14)8-7(17-2)4-11-5-12-8/h5,18H,6H2,1-4H3;4,6,17H,5H2,1-3H3;3-4,17H,5H2,1-2H3;4-5H,1-3H3,(H,16,17);3-4H,1-2H3,(H,16,17);3-5H,1-2H3,(H,15,16). The minimum Gasteiger partial charge on any atom is -0.493 e. The van der Waals surface area contributed by atoms with Gasteiger partial charge in [-0.2, -0.15) is 30.6 Å². The number of aryl methyl sites for hydroxylation is 12. The number of ketones is 3. The SMILES string of the molecule is COc1cncnc1-c1cnn(C)c1C(=O)O.Cc1nc(C)c(C)c(-c2cnn(C)c2C(=O)CO)n1.Cc1ncc(F)c(-c2cnn(C)c2C(=O)CO)n1.Cc1ncc(F)c(-c2cnn(C)c2C(=O)O)n1.Cc1ncnc(-c2cnn(C)c2C(=O)CO)c1C.Cc1ncnc(-c2cnn(C)c2C(=O)O)c1C. The molecular formula is C67H72F2N24O13. The molecule has 12 rings (SSSR count). The van der Waals surface area contributed by atoms with Crippen LogP contribution in [0.4, 0.5) is 8.78 Å². The number of Topliss-reactive ketones (excluding diaryl/α,β-unsaturated/α-hetero) is 3. The number of aliphatic hydroxyl groups excluding tert-OH is 3. The zero-order chi connectivity index (χ0) is 78.3. The van der Waals surface area contributed by atoms with Gasteiger partial charge in [-0.1, -0.05) is 0 Å². The number of hydrogen-bond acceptors (Lipinski definition) is 28. The molecule has 552 valence electrons. The summed E-state index contributed by atoms with van der Waals surface area (Å²) in [6.07, 6.45) is 16.5. The average molecular weight is 1460 g/mol. The molecule has 12 aromatic rings. The van der Waals surface area contributed by atoms with Gasteiger partial charge in [0.1, 0.15) is 90.4 Å². The molecule has 106 heavy (non-hydrogen) atoms. The second kappa shape index (κ2) is 35.1. The third kappa shape index (κ3) is 17.9.